The van der Waals surface area contributed by atoms with E-state index in [1.807, 2.05) is 0 Å². The van der Waals surface area contributed by atoms with Crippen LogP contribution in [0.5, 0.6) is 0 Å². The summed E-state index contributed by atoms with van der Waals surface area (Å²) in [7, 11) is 1.29. The zero-order valence-corrected chi connectivity index (χ0v) is 14.2. The number of non-ortho nitro benzene ring substituents is 1. The number of methoxy groups -OCH3 is 1. The van der Waals surface area contributed by atoms with Crippen molar-refractivity contribution in [1.82, 2.24) is 0 Å². The van der Waals surface area contributed by atoms with E-state index in [0.29, 0.717) is 22.6 Å². The fourth-order valence-corrected chi connectivity index (χ4v) is 2.36. The number of ether oxygens (including phenoxy) is 1. The van der Waals surface area contributed by atoms with Crippen molar-refractivity contribution < 1.29 is 23.7 Å². The number of furan rings is 1. The lowest BCUT2D eigenvalue weighted by atomic mass is 10.1. The molecule has 0 spiro atoms. The van der Waals surface area contributed by atoms with Gasteiger partial charge in [-0.25, -0.2) is 4.79 Å². The summed E-state index contributed by atoms with van der Waals surface area (Å²) in [6.45, 7) is 0. The Labute approximate surface area is 153 Å². The van der Waals surface area contributed by atoms with Gasteiger partial charge in [0.1, 0.15) is 5.76 Å². The highest BCUT2D eigenvalue weighted by Gasteiger charge is 2.14. The Morgan fingerprint density at radius 1 is 1.00 bits per heavy atom. The van der Waals surface area contributed by atoms with Crippen LogP contribution in [0, 0.1) is 10.1 Å². The number of carbonyl (C=O) groups excluding carboxylic acids is 2. The molecule has 0 fully saturated rings. The first kappa shape index (κ1) is 17.9. The lowest BCUT2D eigenvalue weighted by molar-refractivity contribution is -0.384. The van der Waals surface area contributed by atoms with Crippen molar-refractivity contribution in [2.45, 2.75) is 0 Å². The number of carbonyl (C=O) groups is 2. The third kappa shape index (κ3) is 4.01. The van der Waals surface area contributed by atoms with Gasteiger partial charge in [-0.1, -0.05) is 0 Å². The van der Waals surface area contributed by atoms with E-state index in [1.165, 1.54) is 37.4 Å². The van der Waals surface area contributed by atoms with Crippen molar-refractivity contribution in [3.63, 3.8) is 0 Å². The molecule has 1 aromatic heterocycles. The van der Waals surface area contributed by atoms with E-state index < -0.39 is 16.8 Å². The van der Waals surface area contributed by atoms with E-state index in [0.717, 1.165) is 0 Å². The summed E-state index contributed by atoms with van der Waals surface area (Å²) in [5, 5.41) is 13.4. The van der Waals surface area contributed by atoms with Crippen molar-refractivity contribution in [3.05, 3.63) is 82.1 Å². The largest absolute Gasteiger partial charge is 0.465 e. The van der Waals surface area contributed by atoms with Crippen molar-refractivity contribution in [2.24, 2.45) is 0 Å². The molecule has 136 valence electrons. The minimum Gasteiger partial charge on any atom is -0.465 e. The highest BCUT2D eigenvalue weighted by Crippen LogP contribution is 2.25. The van der Waals surface area contributed by atoms with Crippen LogP contribution in [-0.4, -0.2) is 23.9 Å². The molecule has 0 unspecified atom stereocenters. The van der Waals surface area contributed by atoms with E-state index in [2.05, 4.69) is 10.1 Å². The molecule has 3 rings (SSSR count). The van der Waals surface area contributed by atoms with Crippen LogP contribution in [0.4, 0.5) is 11.4 Å². The molecule has 0 aliphatic heterocycles. The normalized spacial score (nSPS) is 10.3. The molecular weight excluding hydrogens is 352 g/mol. The average Bonchev–Trinajstić information content (AvgIpc) is 3.18. The fraction of sp³-hybridized carbons (Fsp3) is 0.0526. The maximum Gasteiger partial charge on any atom is 0.337 e. The Bertz CT molecular complexity index is 990. The van der Waals surface area contributed by atoms with E-state index in [1.54, 1.807) is 30.3 Å². The molecule has 1 N–H and O–H groups in total. The number of hydrogen-bond donors (Lipinski definition) is 1. The minimum atomic E-state index is -0.490. The Balaban J connectivity index is 1.71. The molecule has 1 heterocycles. The molecular formula is C19H14N2O6. The van der Waals surface area contributed by atoms with Gasteiger partial charge in [0.2, 0.25) is 0 Å². The monoisotopic (exact) mass is 366 g/mol. The SMILES string of the molecule is COC(=O)c1ccc(NC(=O)c2ccc(-c3ccc([N+](=O)[O-])cc3)o2)cc1. The number of anilines is 1. The number of benzene rings is 2. The van der Waals surface area contributed by atoms with Gasteiger partial charge in [0.05, 0.1) is 17.6 Å². The predicted molar refractivity (Wildman–Crippen MR) is 96.5 cm³/mol. The van der Waals surface area contributed by atoms with Crippen molar-refractivity contribution in [1.29, 1.82) is 0 Å². The smallest absolute Gasteiger partial charge is 0.337 e. The zero-order valence-electron chi connectivity index (χ0n) is 14.2. The van der Waals surface area contributed by atoms with Crippen LogP contribution in [0.2, 0.25) is 0 Å². The molecule has 2 aromatic carbocycles. The van der Waals surface area contributed by atoms with E-state index in [4.69, 9.17) is 4.42 Å². The quantitative estimate of drug-likeness (QED) is 0.416. The van der Waals surface area contributed by atoms with E-state index in [-0.39, 0.29) is 11.4 Å². The van der Waals surface area contributed by atoms with Gasteiger partial charge < -0.3 is 14.5 Å². The Morgan fingerprint density at radius 2 is 1.67 bits per heavy atom. The molecule has 3 aromatic rings. The van der Waals surface area contributed by atoms with Crippen molar-refractivity contribution >= 4 is 23.3 Å². The number of nitro benzene ring substituents is 1. The number of esters is 1. The Hall–Kier alpha value is -3.94. The zero-order chi connectivity index (χ0) is 19.4. The number of nitro groups is 1. The Morgan fingerprint density at radius 3 is 2.26 bits per heavy atom. The van der Waals surface area contributed by atoms with Crippen molar-refractivity contribution in [2.75, 3.05) is 12.4 Å². The molecule has 0 saturated carbocycles. The molecule has 0 radical (unpaired) electrons. The molecule has 0 aliphatic rings. The highest BCUT2D eigenvalue weighted by molar-refractivity contribution is 6.02. The number of nitrogens with zero attached hydrogens (tertiary/aromatic N) is 1. The minimum absolute atomic E-state index is 0.0290. The van der Waals surface area contributed by atoms with Crippen LogP contribution >= 0.6 is 0 Å². The number of nitrogens with one attached hydrogen (secondary N) is 1. The number of hydrogen-bond acceptors (Lipinski definition) is 6. The van der Waals surface area contributed by atoms with Crippen LogP contribution in [0.1, 0.15) is 20.9 Å². The fourth-order valence-electron chi connectivity index (χ4n) is 2.36. The lowest BCUT2D eigenvalue weighted by Gasteiger charge is -2.04. The van der Waals surface area contributed by atoms with E-state index in [9.17, 15) is 19.7 Å². The summed E-state index contributed by atoms with van der Waals surface area (Å²) in [5.41, 5.74) is 1.44. The Kier molecular flexibility index (Phi) is 4.98. The molecule has 0 saturated heterocycles. The molecule has 1 amide bonds. The van der Waals surface area contributed by atoms with Gasteiger partial charge in [-0.05, 0) is 48.5 Å². The first-order chi connectivity index (χ1) is 13.0. The van der Waals surface area contributed by atoms with Crippen LogP contribution in [0.25, 0.3) is 11.3 Å². The summed E-state index contributed by atoms with van der Waals surface area (Å²) < 4.78 is 10.1. The van der Waals surface area contributed by atoms with Gasteiger partial charge in [0, 0.05) is 23.4 Å². The second kappa shape index (κ2) is 7.52. The van der Waals surface area contributed by atoms with Crippen LogP contribution in [0.15, 0.2) is 65.1 Å². The maximum absolute atomic E-state index is 12.3. The average molecular weight is 366 g/mol. The first-order valence-electron chi connectivity index (χ1n) is 7.82. The predicted octanol–water partition coefficient (Wildman–Crippen LogP) is 3.89. The van der Waals surface area contributed by atoms with Gasteiger partial charge >= 0.3 is 5.97 Å². The van der Waals surface area contributed by atoms with Gasteiger partial charge in [-0.15, -0.1) is 0 Å². The molecule has 27 heavy (non-hydrogen) atoms. The van der Waals surface area contributed by atoms with Gasteiger partial charge in [-0.2, -0.15) is 0 Å². The molecule has 8 heteroatoms. The summed E-state index contributed by atoms with van der Waals surface area (Å²) in [6, 6.07) is 15.1. The van der Waals surface area contributed by atoms with Gasteiger partial charge in [-0.3, -0.25) is 14.9 Å². The summed E-state index contributed by atoms with van der Waals surface area (Å²) in [6.07, 6.45) is 0. The second-order valence-electron chi connectivity index (χ2n) is 5.49. The van der Waals surface area contributed by atoms with Gasteiger partial charge in [0.15, 0.2) is 5.76 Å². The third-order valence-electron chi connectivity index (χ3n) is 3.76. The summed E-state index contributed by atoms with van der Waals surface area (Å²) in [5.74, 6) is -0.433. The van der Waals surface area contributed by atoms with Gasteiger partial charge in [0.25, 0.3) is 11.6 Å². The summed E-state index contributed by atoms with van der Waals surface area (Å²) in [4.78, 5) is 33.9. The highest BCUT2D eigenvalue weighted by atomic mass is 16.6. The lowest BCUT2D eigenvalue weighted by Crippen LogP contribution is -2.11. The number of amides is 1. The van der Waals surface area contributed by atoms with Crippen LogP contribution in [0.3, 0.4) is 0 Å². The third-order valence-corrected chi connectivity index (χ3v) is 3.76. The topological polar surface area (TPSA) is 112 Å². The standard InChI is InChI=1S/C19H14N2O6/c1-26-19(23)13-2-6-14(7-3-13)20-18(22)17-11-10-16(27-17)12-4-8-15(9-5-12)21(24)25/h2-11H,1H3,(H,20,22). The summed E-state index contributed by atoms with van der Waals surface area (Å²) >= 11 is 0. The van der Waals surface area contributed by atoms with E-state index >= 15 is 0 Å². The maximum atomic E-state index is 12.3. The molecule has 8 nitrogen and oxygen atoms in total. The molecule has 0 bridgehead atoms. The van der Waals surface area contributed by atoms with Crippen LogP contribution < -0.4 is 5.32 Å². The van der Waals surface area contributed by atoms with Crippen molar-refractivity contribution in [3.8, 4) is 11.3 Å². The first-order valence-corrected chi connectivity index (χ1v) is 7.82. The number of rotatable bonds is 5. The second-order valence-corrected chi connectivity index (χ2v) is 5.49. The van der Waals surface area contributed by atoms with Crippen LogP contribution in [-0.2, 0) is 4.74 Å². The molecule has 0 atom stereocenters. The molecule has 0 aliphatic carbocycles.